The Morgan fingerprint density at radius 1 is 0.913 bits per heavy atom. The van der Waals surface area contributed by atoms with E-state index < -0.39 is 0 Å². The van der Waals surface area contributed by atoms with E-state index in [1.807, 2.05) is 49.4 Å². The Kier molecular flexibility index (Phi) is 4.16. The number of anilines is 4. The van der Waals surface area contributed by atoms with Crippen LogP contribution in [-0.4, -0.2) is 9.97 Å². The molecule has 0 amide bonds. The Hall–Kier alpha value is -3.39. The zero-order valence-electron chi connectivity index (χ0n) is 12.6. The van der Waals surface area contributed by atoms with Gasteiger partial charge >= 0.3 is 0 Å². The van der Waals surface area contributed by atoms with Gasteiger partial charge < -0.3 is 10.6 Å². The molecule has 0 fully saturated rings. The first-order chi connectivity index (χ1) is 11.2. The van der Waals surface area contributed by atoms with Crippen LogP contribution < -0.4 is 10.6 Å². The van der Waals surface area contributed by atoms with Crippen LogP contribution in [0.1, 0.15) is 11.1 Å². The molecule has 0 bridgehead atoms. The summed E-state index contributed by atoms with van der Waals surface area (Å²) in [6.45, 7) is 2.04. The molecule has 0 aliphatic heterocycles. The lowest BCUT2D eigenvalue weighted by molar-refractivity contribution is 1.17. The van der Waals surface area contributed by atoms with Crippen molar-refractivity contribution in [3.8, 4) is 6.07 Å². The summed E-state index contributed by atoms with van der Waals surface area (Å²) >= 11 is 0. The minimum atomic E-state index is 0.569. The van der Waals surface area contributed by atoms with Gasteiger partial charge in [-0.25, -0.2) is 9.97 Å². The van der Waals surface area contributed by atoms with Crippen LogP contribution in [0.15, 0.2) is 60.9 Å². The fraction of sp³-hybridized carbons (Fsp3) is 0.0556. The quantitative estimate of drug-likeness (QED) is 0.757. The normalized spacial score (nSPS) is 9.91. The van der Waals surface area contributed by atoms with Gasteiger partial charge in [0.05, 0.1) is 11.3 Å². The molecule has 0 saturated carbocycles. The molecule has 0 radical (unpaired) electrons. The largest absolute Gasteiger partial charge is 0.340 e. The van der Waals surface area contributed by atoms with Crippen LogP contribution in [0.25, 0.3) is 0 Å². The first kappa shape index (κ1) is 14.5. The van der Waals surface area contributed by atoms with Crippen LogP contribution in [-0.2, 0) is 0 Å². The molecule has 3 rings (SSSR count). The zero-order valence-corrected chi connectivity index (χ0v) is 12.6. The molecular weight excluding hydrogens is 286 g/mol. The monoisotopic (exact) mass is 301 g/mol. The Morgan fingerprint density at radius 3 is 2.48 bits per heavy atom. The van der Waals surface area contributed by atoms with Gasteiger partial charge in [-0.15, -0.1) is 0 Å². The molecule has 5 nitrogen and oxygen atoms in total. The Labute approximate surface area is 134 Å². The van der Waals surface area contributed by atoms with E-state index >= 15 is 0 Å². The number of nitrogens with one attached hydrogen (secondary N) is 2. The van der Waals surface area contributed by atoms with E-state index in [1.165, 1.54) is 11.9 Å². The van der Waals surface area contributed by atoms with E-state index in [1.54, 1.807) is 12.1 Å². The van der Waals surface area contributed by atoms with Crippen molar-refractivity contribution >= 4 is 23.0 Å². The average Bonchev–Trinajstić information content (AvgIpc) is 2.56. The maximum Gasteiger partial charge on any atom is 0.135 e. The van der Waals surface area contributed by atoms with Crippen molar-refractivity contribution in [2.45, 2.75) is 6.92 Å². The van der Waals surface area contributed by atoms with E-state index in [9.17, 15) is 0 Å². The Bertz CT molecular complexity index is 867. The second-order valence-corrected chi connectivity index (χ2v) is 5.07. The van der Waals surface area contributed by atoms with Crippen LogP contribution >= 0.6 is 0 Å². The lowest BCUT2D eigenvalue weighted by Gasteiger charge is -2.10. The summed E-state index contributed by atoms with van der Waals surface area (Å²) in [6.07, 6.45) is 1.48. The van der Waals surface area contributed by atoms with Gasteiger partial charge in [0.1, 0.15) is 24.0 Å². The molecule has 0 atom stereocenters. The van der Waals surface area contributed by atoms with Gasteiger partial charge in [-0.05, 0) is 36.8 Å². The Balaban J connectivity index is 1.81. The summed E-state index contributed by atoms with van der Waals surface area (Å²) in [5.41, 5.74) is 3.42. The van der Waals surface area contributed by atoms with Crippen molar-refractivity contribution in [1.29, 1.82) is 5.26 Å². The number of aromatic nitrogens is 2. The van der Waals surface area contributed by atoms with Crippen molar-refractivity contribution in [1.82, 2.24) is 9.97 Å². The highest BCUT2D eigenvalue weighted by Crippen LogP contribution is 2.21. The SMILES string of the molecule is Cc1cccc(Nc2cc(Nc3ccccc3C#N)ncn2)c1. The molecular formula is C18H15N5. The molecule has 1 aromatic heterocycles. The summed E-state index contributed by atoms with van der Waals surface area (Å²) < 4.78 is 0. The highest BCUT2D eigenvalue weighted by Gasteiger charge is 2.04. The fourth-order valence-electron chi connectivity index (χ4n) is 2.19. The van der Waals surface area contributed by atoms with Crippen molar-refractivity contribution in [2.24, 2.45) is 0 Å². The highest BCUT2D eigenvalue weighted by atomic mass is 15.1. The second kappa shape index (κ2) is 6.58. The molecule has 0 unspecified atom stereocenters. The van der Waals surface area contributed by atoms with E-state index in [0.717, 1.165) is 11.4 Å². The smallest absolute Gasteiger partial charge is 0.135 e. The van der Waals surface area contributed by atoms with Crippen LogP contribution in [0.5, 0.6) is 0 Å². The van der Waals surface area contributed by atoms with Gasteiger partial charge in [0, 0.05) is 11.8 Å². The summed E-state index contributed by atoms with van der Waals surface area (Å²) in [7, 11) is 0. The van der Waals surface area contributed by atoms with Gasteiger partial charge in [-0.1, -0.05) is 24.3 Å². The third-order valence-electron chi connectivity index (χ3n) is 3.27. The van der Waals surface area contributed by atoms with Crippen molar-refractivity contribution in [2.75, 3.05) is 10.6 Å². The predicted molar refractivity (Wildman–Crippen MR) is 90.9 cm³/mol. The maximum absolute atomic E-state index is 9.14. The standard InChI is InChI=1S/C18H15N5/c1-13-5-4-7-15(9-13)22-17-10-18(21-12-20-17)23-16-8-3-2-6-14(16)11-19/h2-10,12H,1H3,(H2,20,21,22,23). The number of hydrogen-bond acceptors (Lipinski definition) is 5. The lowest BCUT2D eigenvalue weighted by Crippen LogP contribution is -1.99. The summed E-state index contributed by atoms with van der Waals surface area (Å²) in [5.74, 6) is 1.31. The van der Waals surface area contributed by atoms with Crippen molar-refractivity contribution in [3.63, 3.8) is 0 Å². The number of rotatable bonds is 4. The van der Waals surface area contributed by atoms with Gasteiger partial charge in [0.15, 0.2) is 0 Å². The van der Waals surface area contributed by atoms with E-state index in [0.29, 0.717) is 17.2 Å². The van der Waals surface area contributed by atoms with Gasteiger partial charge in [0.2, 0.25) is 0 Å². The number of aryl methyl sites for hydroxylation is 1. The van der Waals surface area contributed by atoms with Crippen LogP contribution in [0, 0.1) is 18.3 Å². The summed E-state index contributed by atoms with van der Waals surface area (Å²) in [4.78, 5) is 8.42. The first-order valence-corrected chi connectivity index (χ1v) is 7.16. The van der Waals surface area contributed by atoms with E-state index in [-0.39, 0.29) is 0 Å². The number of para-hydroxylation sites is 1. The van der Waals surface area contributed by atoms with Crippen molar-refractivity contribution in [3.05, 3.63) is 72.1 Å². The minimum Gasteiger partial charge on any atom is -0.340 e. The van der Waals surface area contributed by atoms with Crippen molar-refractivity contribution < 1.29 is 0 Å². The van der Waals surface area contributed by atoms with Crippen LogP contribution in [0.4, 0.5) is 23.0 Å². The number of nitriles is 1. The van der Waals surface area contributed by atoms with Gasteiger partial charge in [-0.2, -0.15) is 5.26 Å². The average molecular weight is 301 g/mol. The van der Waals surface area contributed by atoms with Gasteiger partial charge in [0.25, 0.3) is 0 Å². The lowest BCUT2D eigenvalue weighted by atomic mass is 10.2. The predicted octanol–water partition coefficient (Wildman–Crippen LogP) is 4.14. The fourth-order valence-corrected chi connectivity index (χ4v) is 2.19. The topological polar surface area (TPSA) is 73.6 Å². The third-order valence-corrected chi connectivity index (χ3v) is 3.27. The van der Waals surface area contributed by atoms with Gasteiger partial charge in [-0.3, -0.25) is 0 Å². The molecule has 0 saturated heterocycles. The molecule has 0 aliphatic rings. The molecule has 0 aliphatic carbocycles. The van der Waals surface area contributed by atoms with E-state index in [4.69, 9.17) is 5.26 Å². The maximum atomic E-state index is 9.14. The summed E-state index contributed by atoms with van der Waals surface area (Å²) in [6, 6.07) is 19.3. The third kappa shape index (κ3) is 3.63. The molecule has 3 aromatic rings. The molecule has 1 heterocycles. The highest BCUT2D eigenvalue weighted by molar-refractivity contribution is 5.67. The summed E-state index contributed by atoms with van der Waals surface area (Å²) in [5, 5.41) is 15.5. The first-order valence-electron chi connectivity index (χ1n) is 7.16. The molecule has 112 valence electrons. The molecule has 23 heavy (non-hydrogen) atoms. The van der Waals surface area contributed by atoms with Crippen LogP contribution in [0.3, 0.4) is 0 Å². The number of hydrogen-bond donors (Lipinski definition) is 2. The number of benzene rings is 2. The zero-order chi connectivity index (χ0) is 16.1. The second-order valence-electron chi connectivity index (χ2n) is 5.07. The molecule has 0 spiro atoms. The molecule has 5 heteroatoms. The van der Waals surface area contributed by atoms with E-state index in [2.05, 4.69) is 26.7 Å². The Morgan fingerprint density at radius 2 is 1.70 bits per heavy atom. The molecule has 2 N–H and O–H groups in total. The molecule has 2 aromatic carbocycles. The minimum absolute atomic E-state index is 0.569. The van der Waals surface area contributed by atoms with Crippen LogP contribution in [0.2, 0.25) is 0 Å². The number of nitrogens with zero attached hydrogens (tertiary/aromatic N) is 3.